The predicted molar refractivity (Wildman–Crippen MR) is 90.9 cm³/mol. The maximum absolute atomic E-state index is 10.4. The van der Waals surface area contributed by atoms with Gasteiger partial charge in [0.1, 0.15) is 0 Å². The van der Waals surface area contributed by atoms with Crippen molar-refractivity contribution in [2.45, 2.75) is 43.4 Å². The van der Waals surface area contributed by atoms with Gasteiger partial charge < -0.3 is 14.9 Å². The number of aliphatic hydroxyl groups is 2. The molecule has 0 aromatic heterocycles. The van der Waals surface area contributed by atoms with Crippen LogP contribution in [-0.2, 0) is 11.3 Å². The van der Waals surface area contributed by atoms with Gasteiger partial charge in [-0.15, -0.1) is 0 Å². The third kappa shape index (κ3) is 3.84. The molecule has 0 bridgehead atoms. The first-order valence-corrected chi connectivity index (χ1v) is 8.83. The fourth-order valence-electron chi connectivity index (χ4n) is 3.68. The lowest BCUT2D eigenvalue weighted by atomic mass is 9.77. The van der Waals surface area contributed by atoms with Crippen molar-refractivity contribution in [1.29, 1.82) is 0 Å². The molecule has 1 unspecified atom stereocenters. The maximum atomic E-state index is 10.4. The summed E-state index contributed by atoms with van der Waals surface area (Å²) in [6.07, 6.45) is 2.70. The van der Waals surface area contributed by atoms with Crippen LogP contribution in [0.25, 0.3) is 0 Å². The highest BCUT2D eigenvalue weighted by Gasteiger charge is 2.46. The minimum absolute atomic E-state index is 0.197. The van der Waals surface area contributed by atoms with Crippen LogP contribution in [0.4, 0.5) is 0 Å². The average molecular weight is 360 g/mol. The van der Waals surface area contributed by atoms with E-state index in [-0.39, 0.29) is 12.2 Å². The Balaban J connectivity index is 1.62. The minimum atomic E-state index is -0.994. The summed E-state index contributed by atoms with van der Waals surface area (Å²) in [5, 5.41) is 21.2. The molecule has 6 heteroatoms. The van der Waals surface area contributed by atoms with Crippen LogP contribution in [0.3, 0.4) is 0 Å². The molecule has 0 radical (unpaired) electrons. The van der Waals surface area contributed by atoms with E-state index in [1.54, 1.807) is 0 Å². The van der Waals surface area contributed by atoms with Gasteiger partial charge >= 0.3 is 0 Å². The summed E-state index contributed by atoms with van der Waals surface area (Å²) in [7, 11) is 0. The molecule has 0 amide bonds. The Morgan fingerprint density at radius 2 is 1.78 bits per heavy atom. The van der Waals surface area contributed by atoms with E-state index in [0.717, 1.165) is 38.0 Å². The molecule has 1 spiro atoms. The van der Waals surface area contributed by atoms with Gasteiger partial charge in [-0.05, 0) is 25.0 Å². The summed E-state index contributed by atoms with van der Waals surface area (Å²) < 4.78 is 6.00. The summed E-state index contributed by atoms with van der Waals surface area (Å²) in [5.74, 6) is 0. The van der Waals surface area contributed by atoms with Gasteiger partial charge in [-0.25, -0.2) is 0 Å². The Kier molecular flexibility index (Phi) is 5.21. The molecule has 0 aliphatic carbocycles. The number of likely N-dealkylation sites (tertiary alicyclic amines) is 1. The standard InChI is InChI=1S/C17H23Cl2NO3/c18-14-2-1-3-15(19)13(14)10-20-7-4-17(5-8-20)11-16(22,12-21)6-9-23-17/h1-3,21-22H,4-12H2. The molecular weight excluding hydrogens is 337 g/mol. The van der Waals surface area contributed by atoms with Gasteiger partial charge in [0.05, 0.1) is 24.4 Å². The molecule has 23 heavy (non-hydrogen) atoms. The Hall–Kier alpha value is -0.360. The van der Waals surface area contributed by atoms with Gasteiger partial charge in [-0.2, -0.15) is 0 Å². The smallest absolute Gasteiger partial charge is 0.0926 e. The van der Waals surface area contributed by atoms with Gasteiger partial charge in [0.2, 0.25) is 0 Å². The topological polar surface area (TPSA) is 52.9 Å². The normalized spacial score (nSPS) is 28.2. The van der Waals surface area contributed by atoms with Crippen molar-refractivity contribution in [1.82, 2.24) is 4.90 Å². The molecule has 2 fully saturated rings. The third-order valence-corrected chi connectivity index (χ3v) is 5.84. The lowest BCUT2D eigenvalue weighted by Gasteiger charge is -2.48. The number of rotatable bonds is 3. The van der Waals surface area contributed by atoms with Crippen LogP contribution in [0.15, 0.2) is 18.2 Å². The fraction of sp³-hybridized carbons (Fsp3) is 0.647. The van der Waals surface area contributed by atoms with Gasteiger partial charge in [0, 0.05) is 48.1 Å². The van der Waals surface area contributed by atoms with E-state index in [1.165, 1.54) is 0 Å². The molecule has 2 N–H and O–H groups in total. The number of nitrogens with zero attached hydrogens (tertiary/aromatic N) is 1. The van der Waals surface area contributed by atoms with E-state index in [2.05, 4.69) is 4.90 Å². The number of piperidine rings is 1. The number of halogens is 2. The van der Waals surface area contributed by atoms with E-state index < -0.39 is 5.60 Å². The van der Waals surface area contributed by atoms with Crippen molar-refractivity contribution < 1.29 is 14.9 Å². The lowest BCUT2D eigenvalue weighted by Crippen LogP contribution is -2.55. The second-order valence-electron chi connectivity index (χ2n) is 6.82. The van der Waals surface area contributed by atoms with E-state index in [1.807, 2.05) is 18.2 Å². The summed E-state index contributed by atoms with van der Waals surface area (Å²) in [5.41, 5.74) is -0.341. The van der Waals surface area contributed by atoms with E-state index >= 15 is 0 Å². The zero-order valence-electron chi connectivity index (χ0n) is 13.1. The monoisotopic (exact) mass is 359 g/mol. The van der Waals surface area contributed by atoms with Crippen molar-refractivity contribution in [3.05, 3.63) is 33.8 Å². The molecule has 128 valence electrons. The summed E-state index contributed by atoms with van der Waals surface area (Å²) in [6.45, 7) is 2.76. The molecule has 1 atom stereocenters. The van der Waals surface area contributed by atoms with E-state index in [0.29, 0.717) is 29.5 Å². The first kappa shape index (κ1) is 17.5. The molecule has 1 aromatic carbocycles. The second-order valence-corrected chi connectivity index (χ2v) is 7.63. The van der Waals surface area contributed by atoms with Crippen LogP contribution in [-0.4, -0.2) is 52.6 Å². The Labute approximate surface area is 147 Å². The van der Waals surface area contributed by atoms with Crippen LogP contribution in [0.5, 0.6) is 0 Å². The van der Waals surface area contributed by atoms with E-state index in [9.17, 15) is 10.2 Å². The first-order valence-electron chi connectivity index (χ1n) is 8.08. The SMILES string of the molecule is OCC1(O)CCOC2(CCN(Cc3c(Cl)cccc3Cl)CC2)C1. The highest BCUT2D eigenvalue weighted by Crippen LogP contribution is 2.40. The van der Waals surface area contributed by atoms with Crippen LogP contribution in [0, 0.1) is 0 Å². The molecule has 2 aliphatic heterocycles. The fourth-order valence-corrected chi connectivity index (χ4v) is 4.20. The summed E-state index contributed by atoms with van der Waals surface area (Å²) in [4.78, 5) is 2.31. The van der Waals surface area contributed by atoms with Crippen molar-refractivity contribution in [2.75, 3.05) is 26.3 Å². The molecule has 2 aliphatic rings. The van der Waals surface area contributed by atoms with Crippen LogP contribution in [0.2, 0.25) is 10.0 Å². The zero-order valence-corrected chi connectivity index (χ0v) is 14.6. The molecule has 2 saturated heterocycles. The largest absolute Gasteiger partial charge is 0.393 e. The number of hydrogen-bond acceptors (Lipinski definition) is 4. The van der Waals surface area contributed by atoms with Crippen LogP contribution < -0.4 is 0 Å². The molecule has 0 saturated carbocycles. The number of benzene rings is 1. The van der Waals surface area contributed by atoms with Crippen molar-refractivity contribution in [2.24, 2.45) is 0 Å². The highest BCUT2D eigenvalue weighted by atomic mass is 35.5. The Morgan fingerprint density at radius 1 is 1.13 bits per heavy atom. The lowest BCUT2D eigenvalue weighted by molar-refractivity contribution is -0.189. The Bertz CT molecular complexity index is 541. The van der Waals surface area contributed by atoms with Gasteiger partial charge in [0.25, 0.3) is 0 Å². The van der Waals surface area contributed by atoms with Crippen molar-refractivity contribution in [3.63, 3.8) is 0 Å². The molecule has 1 aromatic rings. The molecule has 2 heterocycles. The first-order chi connectivity index (χ1) is 11.0. The van der Waals surface area contributed by atoms with Crippen molar-refractivity contribution >= 4 is 23.2 Å². The maximum Gasteiger partial charge on any atom is 0.0926 e. The van der Waals surface area contributed by atoms with Crippen molar-refractivity contribution in [3.8, 4) is 0 Å². The highest BCUT2D eigenvalue weighted by molar-refractivity contribution is 6.35. The number of hydrogen-bond donors (Lipinski definition) is 2. The van der Waals surface area contributed by atoms with Gasteiger partial charge in [-0.1, -0.05) is 29.3 Å². The minimum Gasteiger partial charge on any atom is -0.393 e. The van der Waals surface area contributed by atoms with Crippen LogP contribution >= 0.6 is 23.2 Å². The van der Waals surface area contributed by atoms with Gasteiger partial charge in [-0.3, -0.25) is 4.90 Å². The van der Waals surface area contributed by atoms with Gasteiger partial charge in [0.15, 0.2) is 0 Å². The predicted octanol–water partition coefficient (Wildman–Crippen LogP) is 2.86. The Morgan fingerprint density at radius 3 is 2.39 bits per heavy atom. The number of ether oxygens (including phenoxy) is 1. The molecular formula is C17H23Cl2NO3. The zero-order chi connectivity index (χ0) is 16.5. The molecule has 3 rings (SSSR count). The summed E-state index contributed by atoms with van der Waals surface area (Å²) >= 11 is 12.5. The third-order valence-electron chi connectivity index (χ3n) is 5.13. The average Bonchev–Trinajstić information content (AvgIpc) is 2.53. The summed E-state index contributed by atoms with van der Waals surface area (Å²) in [6, 6.07) is 5.57. The molecule has 4 nitrogen and oxygen atoms in total. The van der Waals surface area contributed by atoms with Crippen LogP contribution in [0.1, 0.15) is 31.2 Å². The van der Waals surface area contributed by atoms with E-state index in [4.69, 9.17) is 27.9 Å². The second kappa shape index (κ2) is 6.87. The number of aliphatic hydroxyl groups excluding tert-OH is 1. The quantitative estimate of drug-likeness (QED) is 0.871.